The molecule has 3 aromatic rings. The monoisotopic (exact) mass is 451 g/mol. The number of carbonyl (C=O) groups is 2. The van der Waals surface area contributed by atoms with Crippen molar-refractivity contribution in [2.75, 3.05) is 10.6 Å². The van der Waals surface area contributed by atoms with Crippen LogP contribution in [0.15, 0.2) is 58.5 Å². The zero-order valence-electron chi connectivity index (χ0n) is 18.1. The van der Waals surface area contributed by atoms with E-state index in [2.05, 4.69) is 32.7 Å². The minimum atomic E-state index is -0.456. The van der Waals surface area contributed by atoms with E-state index in [0.29, 0.717) is 17.7 Å². The van der Waals surface area contributed by atoms with E-state index in [1.165, 1.54) is 6.92 Å². The zero-order valence-corrected chi connectivity index (χ0v) is 19.0. The van der Waals surface area contributed by atoms with Crippen molar-refractivity contribution in [1.82, 2.24) is 15.2 Å². The van der Waals surface area contributed by atoms with Gasteiger partial charge in [-0.15, -0.1) is 10.2 Å². The lowest BCUT2D eigenvalue weighted by Gasteiger charge is -2.14. The number of H-pyrrole nitrogens is 1. The third-order valence-electron chi connectivity index (χ3n) is 4.69. The molecule has 9 heteroatoms. The summed E-state index contributed by atoms with van der Waals surface area (Å²) in [7, 11) is 0. The number of para-hydroxylation sites is 1. The van der Waals surface area contributed by atoms with Gasteiger partial charge in [-0.25, -0.2) is 0 Å². The van der Waals surface area contributed by atoms with Crippen LogP contribution in [-0.4, -0.2) is 32.2 Å². The number of hydrogen-bond acceptors (Lipinski definition) is 6. The number of carbonyl (C=O) groups excluding carboxylic acids is 2. The molecule has 8 nitrogen and oxygen atoms in total. The molecule has 1 unspecified atom stereocenters. The summed E-state index contributed by atoms with van der Waals surface area (Å²) in [5, 5.41) is 13.6. The van der Waals surface area contributed by atoms with Gasteiger partial charge in [-0.1, -0.05) is 55.9 Å². The Kier molecular flexibility index (Phi) is 7.77. The number of rotatable bonds is 8. The maximum Gasteiger partial charge on any atom is 0.278 e. The molecule has 2 aromatic carbocycles. The molecule has 0 saturated heterocycles. The fourth-order valence-corrected chi connectivity index (χ4v) is 3.93. The molecular weight excluding hydrogens is 426 g/mol. The Morgan fingerprint density at radius 2 is 1.84 bits per heavy atom. The lowest BCUT2D eigenvalue weighted by atomic mass is 10.1. The molecule has 3 N–H and O–H groups in total. The second-order valence-corrected chi connectivity index (χ2v) is 8.28. The first-order valence-corrected chi connectivity index (χ1v) is 11.2. The van der Waals surface area contributed by atoms with Crippen LogP contribution in [0.25, 0.3) is 11.3 Å². The average Bonchev–Trinajstić information content (AvgIpc) is 2.78. The molecule has 0 aliphatic heterocycles. The van der Waals surface area contributed by atoms with Gasteiger partial charge in [-0.05, 0) is 36.6 Å². The van der Waals surface area contributed by atoms with Crippen LogP contribution in [-0.2, 0) is 16.0 Å². The van der Waals surface area contributed by atoms with Gasteiger partial charge in [0, 0.05) is 18.2 Å². The maximum absolute atomic E-state index is 12.8. The number of amides is 2. The second kappa shape index (κ2) is 10.7. The zero-order chi connectivity index (χ0) is 23.1. The second-order valence-electron chi connectivity index (χ2n) is 7.09. The molecule has 1 heterocycles. The van der Waals surface area contributed by atoms with Crippen LogP contribution in [0.1, 0.15) is 32.8 Å². The highest BCUT2D eigenvalue weighted by molar-refractivity contribution is 8.00. The highest BCUT2D eigenvalue weighted by Gasteiger charge is 2.21. The summed E-state index contributed by atoms with van der Waals surface area (Å²) >= 11 is 1.15. The van der Waals surface area contributed by atoms with E-state index in [9.17, 15) is 14.4 Å². The minimum Gasteiger partial charge on any atom is -0.326 e. The van der Waals surface area contributed by atoms with E-state index >= 15 is 0 Å². The highest BCUT2D eigenvalue weighted by Crippen LogP contribution is 2.26. The number of benzene rings is 2. The van der Waals surface area contributed by atoms with Crippen LogP contribution in [0.3, 0.4) is 0 Å². The van der Waals surface area contributed by atoms with E-state index in [4.69, 9.17) is 0 Å². The third kappa shape index (κ3) is 5.82. The van der Waals surface area contributed by atoms with Gasteiger partial charge >= 0.3 is 0 Å². The van der Waals surface area contributed by atoms with Gasteiger partial charge in [-0.3, -0.25) is 19.4 Å². The Bertz CT molecular complexity index is 1180. The summed E-state index contributed by atoms with van der Waals surface area (Å²) in [6.07, 6.45) is 1.42. The molecule has 0 bridgehead atoms. The van der Waals surface area contributed by atoms with Gasteiger partial charge in [-0.2, -0.15) is 0 Å². The summed E-state index contributed by atoms with van der Waals surface area (Å²) in [5.41, 5.74) is 2.44. The van der Waals surface area contributed by atoms with Gasteiger partial charge in [0.1, 0.15) is 0 Å². The SMILES string of the molecule is CCc1cccc(NC(=O)C(CC)Sc2nnc(-c3ccccc3NC(C)=O)c(=O)[nH]2)c1. The predicted molar refractivity (Wildman–Crippen MR) is 127 cm³/mol. The Labute approximate surface area is 190 Å². The van der Waals surface area contributed by atoms with E-state index in [-0.39, 0.29) is 22.7 Å². The molecule has 0 fully saturated rings. The topological polar surface area (TPSA) is 117 Å². The molecule has 0 aliphatic rings. The first kappa shape index (κ1) is 23.2. The predicted octanol–water partition coefficient (Wildman–Crippen LogP) is 3.86. The Balaban J connectivity index is 1.77. The third-order valence-corrected chi connectivity index (χ3v) is 5.93. The molecule has 0 spiro atoms. The number of hydrogen-bond donors (Lipinski definition) is 3. The van der Waals surface area contributed by atoms with Crippen LogP contribution in [0, 0.1) is 0 Å². The van der Waals surface area contributed by atoms with Crippen molar-refractivity contribution in [2.45, 2.75) is 44.0 Å². The Hall–Kier alpha value is -3.46. The van der Waals surface area contributed by atoms with Crippen molar-refractivity contribution in [3.8, 4) is 11.3 Å². The molecule has 2 amide bonds. The lowest BCUT2D eigenvalue weighted by molar-refractivity contribution is -0.116. The molecule has 0 aliphatic carbocycles. The van der Waals surface area contributed by atoms with Gasteiger partial charge in [0.2, 0.25) is 11.8 Å². The number of anilines is 2. The largest absolute Gasteiger partial charge is 0.326 e. The molecule has 0 saturated carbocycles. The van der Waals surface area contributed by atoms with Crippen molar-refractivity contribution in [3.05, 3.63) is 64.4 Å². The highest BCUT2D eigenvalue weighted by atomic mass is 32.2. The number of aromatic amines is 1. The summed E-state index contributed by atoms with van der Waals surface area (Å²) in [4.78, 5) is 39.6. The van der Waals surface area contributed by atoms with Crippen molar-refractivity contribution in [2.24, 2.45) is 0 Å². The van der Waals surface area contributed by atoms with Crippen molar-refractivity contribution in [1.29, 1.82) is 0 Å². The van der Waals surface area contributed by atoms with Crippen LogP contribution < -0.4 is 16.2 Å². The summed E-state index contributed by atoms with van der Waals surface area (Å²) < 4.78 is 0. The Morgan fingerprint density at radius 3 is 2.53 bits per heavy atom. The molecular formula is C23H25N5O3S. The number of nitrogens with one attached hydrogen (secondary N) is 3. The number of aromatic nitrogens is 3. The quantitative estimate of drug-likeness (QED) is 0.448. The molecule has 0 radical (unpaired) electrons. The number of nitrogens with zero attached hydrogens (tertiary/aromatic N) is 2. The smallest absolute Gasteiger partial charge is 0.278 e. The van der Waals surface area contributed by atoms with E-state index < -0.39 is 10.8 Å². The minimum absolute atomic E-state index is 0.0904. The van der Waals surface area contributed by atoms with E-state index in [1.807, 2.05) is 31.2 Å². The molecule has 166 valence electrons. The molecule has 1 atom stereocenters. The van der Waals surface area contributed by atoms with Gasteiger partial charge in [0.05, 0.1) is 10.9 Å². The number of thioether (sulfide) groups is 1. The fourth-order valence-electron chi connectivity index (χ4n) is 3.09. The molecule has 1 aromatic heterocycles. The van der Waals surface area contributed by atoms with Crippen LogP contribution in [0.4, 0.5) is 11.4 Å². The van der Waals surface area contributed by atoms with Crippen molar-refractivity contribution >= 4 is 35.0 Å². The summed E-state index contributed by atoms with van der Waals surface area (Å²) in [6.45, 7) is 5.34. The van der Waals surface area contributed by atoms with Crippen LogP contribution >= 0.6 is 11.8 Å². The first-order valence-electron chi connectivity index (χ1n) is 10.3. The van der Waals surface area contributed by atoms with Gasteiger partial charge in [0.15, 0.2) is 10.9 Å². The van der Waals surface area contributed by atoms with E-state index in [0.717, 1.165) is 29.4 Å². The lowest BCUT2D eigenvalue weighted by Crippen LogP contribution is -2.25. The summed E-state index contributed by atoms with van der Waals surface area (Å²) in [6, 6.07) is 14.6. The summed E-state index contributed by atoms with van der Waals surface area (Å²) in [5.74, 6) is -0.427. The average molecular weight is 452 g/mol. The first-order chi connectivity index (χ1) is 15.4. The van der Waals surface area contributed by atoms with E-state index in [1.54, 1.807) is 24.3 Å². The van der Waals surface area contributed by atoms with Crippen molar-refractivity contribution in [3.63, 3.8) is 0 Å². The molecule has 32 heavy (non-hydrogen) atoms. The Morgan fingerprint density at radius 1 is 1.06 bits per heavy atom. The standard InChI is InChI=1S/C23H25N5O3S/c1-4-15-9-8-10-16(13-15)25-21(30)19(5-2)32-23-26-22(31)20(27-28-23)17-11-6-7-12-18(17)24-14(3)29/h6-13,19H,4-5H2,1-3H3,(H,24,29)(H,25,30)(H,26,28,31). The fraction of sp³-hybridized carbons (Fsp3) is 0.261. The number of aryl methyl sites for hydroxylation is 1. The normalized spacial score (nSPS) is 11.6. The van der Waals surface area contributed by atoms with Crippen LogP contribution in [0.2, 0.25) is 0 Å². The van der Waals surface area contributed by atoms with Gasteiger partial charge in [0.25, 0.3) is 5.56 Å². The maximum atomic E-state index is 12.8. The van der Waals surface area contributed by atoms with Crippen LogP contribution in [0.5, 0.6) is 0 Å². The van der Waals surface area contributed by atoms with Gasteiger partial charge < -0.3 is 10.6 Å². The van der Waals surface area contributed by atoms with Crippen molar-refractivity contribution < 1.29 is 9.59 Å². The molecule has 3 rings (SSSR count).